The first-order chi connectivity index (χ1) is 12.5. The van der Waals surface area contributed by atoms with Gasteiger partial charge in [-0.25, -0.2) is 0 Å². The molecule has 5 nitrogen and oxygen atoms in total. The maximum absolute atomic E-state index is 13.0. The van der Waals surface area contributed by atoms with Crippen LogP contribution in [0.1, 0.15) is 41.7 Å². The molecule has 1 aromatic heterocycles. The molecule has 1 aromatic carbocycles. The van der Waals surface area contributed by atoms with Crippen molar-refractivity contribution < 1.29 is 9.59 Å². The Balaban J connectivity index is 1.49. The van der Waals surface area contributed by atoms with Gasteiger partial charge in [0.05, 0.1) is 5.92 Å². The van der Waals surface area contributed by atoms with Crippen LogP contribution in [0.5, 0.6) is 0 Å². The second kappa shape index (κ2) is 6.78. The van der Waals surface area contributed by atoms with Crippen molar-refractivity contribution in [3.8, 4) is 0 Å². The van der Waals surface area contributed by atoms with Gasteiger partial charge >= 0.3 is 0 Å². The van der Waals surface area contributed by atoms with E-state index in [0.29, 0.717) is 18.8 Å². The number of piperidine rings is 1. The van der Waals surface area contributed by atoms with Crippen LogP contribution in [-0.4, -0.2) is 52.4 Å². The van der Waals surface area contributed by atoms with Crippen LogP contribution in [0.3, 0.4) is 0 Å². The Kier molecular flexibility index (Phi) is 4.47. The molecule has 0 saturated carbocycles. The summed E-state index contributed by atoms with van der Waals surface area (Å²) in [5, 5.41) is 1.09. The quantitative estimate of drug-likeness (QED) is 0.833. The van der Waals surface area contributed by atoms with Gasteiger partial charge in [0.2, 0.25) is 5.91 Å². The normalized spacial score (nSPS) is 20.8. The molecule has 0 bridgehead atoms. The van der Waals surface area contributed by atoms with Crippen molar-refractivity contribution in [2.24, 2.45) is 13.0 Å². The molecule has 3 heterocycles. The molecule has 0 N–H and O–H groups in total. The Labute approximate surface area is 154 Å². The molecule has 4 rings (SSSR count). The third-order valence-electron chi connectivity index (χ3n) is 5.91. The zero-order valence-corrected chi connectivity index (χ0v) is 15.7. The van der Waals surface area contributed by atoms with Crippen LogP contribution in [0.25, 0.3) is 10.9 Å². The third-order valence-corrected chi connectivity index (χ3v) is 5.91. The molecular formula is C21H27N3O2. The van der Waals surface area contributed by atoms with Crippen LogP contribution >= 0.6 is 0 Å². The zero-order chi connectivity index (χ0) is 18.3. The summed E-state index contributed by atoms with van der Waals surface area (Å²) in [6.45, 7) is 5.04. The van der Waals surface area contributed by atoms with Crippen LogP contribution in [-0.2, 0) is 11.8 Å². The van der Waals surface area contributed by atoms with Crippen LogP contribution in [0.15, 0.2) is 24.3 Å². The topological polar surface area (TPSA) is 45.6 Å². The fourth-order valence-electron chi connectivity index (χ4n) is 4.35. The molecular weight excluding hydrogens is 326 g/mol. The summed E-state index contributed by atoms with van der Waals surface area (Å²) in [6, 6.07) is 8.22. The summed E-state index contributed by atoms with van der Waals surface area (Å²) in [7, 11) is 1.94. The second-order valence-electron chi connectivity index (χ2n) is 7.77. The minimum absolute atomic E-state index is 0.0334. The number of aromatic nitrogens is 1. The molecule has 0 aliphatic carbocycles. The van der Waals surface area contributed by atoms with E-state index in [0.717, 1.165) is 43.3 Å². The van der Waals surface area contributed by atoms with E-state index in [1.54, 1.807) is 0 Å². The highest BCUT2D eigenvalue weighted by Crippen LogP contribution is 2.25. The first-order valence-corrected chi connectivity index (χ1v) is 9.69. The van der Waals surface area contributed by atoms with Crippen molar-refractivity contribution in [3.05, 3.63) is 35.5 Å². The smallest absolute Gasteiger partial charge is 0.270 e. The van der Waals surface area contributed by atoms with Crippen LogP contribution in [0, 0.1) is 12.8 Å². The van der Waals surface area contributed by atoms with Crippen LogP contribution in [0.2, 0.25) is 0 Å². The SMILES string of the molecule is Cc1ccc2c(c1)cc(C(=O)N1CCC(C(=O)N3CCCCC3)C1)n2C. The Morgan fingerprint density at radius 1 is 1.00 bits per heavy atom. The Morgan fingerprint density at radius 2 is 1.77 bits per heavy atom. The fraction of sp³-hybridized carbons (Fsp3) is 0.524. The number of nitrogens with zero attached hydrogens (tertiary/aromatic N) is 3. The average molecular weight is 353 g/mol. The second-order valence-corrected chi connectivity index (χ2v) is 7.77. The number of aryl methyl sites for hydroxylation is 2. The summed E-state index contributed by atoms with van der Waals surface area (Å²) in [6.07, 6.45) is 4.22. The number of hydrogen-bond donors (Lipinski definition) is 0. The molecule has 138 valence electrons. The maximum atomic E-state index is 13.0. The molecule has 1 unspecified atom stereocenters. The first kappa shape index (κ1) is 17.1. The lowest BCUT2D eigenvalue weighted by Crippen LogP contribution is -2.41. The van der Waals surface area contributed by atoms with E-state index in [1.807, 2.05) is 27.5 Å². The van der Waals surface area contributed by atoms with E-state index in [9.17, 15) is 9.59 Å². The van der Waals surface area contributed by atoms with Crippen LogP contribution in [0.4, 0.5) is 0 Å². The molecule has 2 fully saturated rings. The lowest BCUT2D eigenvalue weighted by molar-refractivity contribution is -0.135. The molecule has 1 atom stereocenters. The number of carbonyl (C=O) groups excluding carboxylic acids is 2. The highest BCUT2D eigenvalue weighted by molar-refractivity contribution is 5.99. The average Bonchev–Trinajstić information content (AvgIpc) is 3.26. The molecule has 26 heavy (non-hydrogen) atoms. The van der Waals surface area contributed by atoms with E-state index < -0.39 is 0 Å². The Morgan fingerprint density at radius 3 is 2.54 bits per heavy atom. The number of benzene rings is 1. The van der Waals surface area contributed by atoms with E-state index in [1.165, 1.54) is 12.0 Å². The summed E-state index contributed by atoms with van der Waals surface area (Å²) < 4.78 is 1.97. The number of hydrogen-bond acceptors (Lipinski definition) is 2. The monoisotopic (exact) mass is 353 g/mol. The minimum Gasteiger partial charge on any atom is -0.342 e. The number of carbonyl (C=O) groups is 2. The van der Waals surface area contributed by atoms with Gasteiger partial charge in [0.25, 0.3) is 5.91 Å². The highest BCUT2D eigenvalue weighted by Gasteiger charge is 2.35. The van der Waals surface area contributed by atoms with Crippen molar-refractivity contribution in [2.75, 3.05) is 26.2 Å². The maximum Gasteiger partial charge on any atom is 0.270 e. The first-order valence-electron chi connectivity index (χ1n) is 9.69. The lowest BCUT2D eigenvalue weighted by Gasteiger charge is -2.29. The third kappa shape index (κ3) is 3.00. The van der Waals surface area contributed by atoms with Gasteiger partial charge in [0.1, 0.15) is 5.69 Å². The predicted molar refractivity (Wildman–Crippen MR) is 102 cm³/mol. The molecule has 2 aliphatic rings. The number of amides is 2. The van der Waals surface area contributed by atoms with Crippen molar-refractivity contribution in [2.45, 2.75) is 32.6 Å². The largest absolute Gasteiger partial charge is 0.342 e. The molecule has 2 amide bonds. The summed E-state index contributed by atoms with van der Waals surface area (Å²) in [4.78, 5) is 29.6. The summed E-state index contributed by atoms with van der Waals surface area (Å²) in [5.41, 5.74) is 2.96. The highest BCUT2D eigenvalue weighted by atomic mass is 16.2. The number of rotatable bonds is 2. The number of fused-ring (bicyclic) bond motifs is 1. The standard InChI is InChI=1S/C21H27N3O2/c1-15-6-7-18-17(12-15)13-19(22(18)2)21(26)24-11-8-16(14-24)20(25)23-9-4-3-5-10-23/h6-7,12-13,16H,3-5,8-11,14H2,1-2H3. The van der Waals surface area contributed by atoms with Gasteiger partial charge in [-0.2, -0.15) is 0 Å². The molecule has 2 aliphatic heterocycles. The molecule has 0 radical (unpaired) electrons. The van der Waals surface area contributed by atoms with Crippen molar-refractivity contribution in [1.82, 2.24) is 14.4 Å². The zero-order valence-electron chi connectivity index (χ0n) is 15.7. The van der Waals surface area contributed by atoms with Gasteiger partial charge in [-0.1, -0.05) is 11.6 Å². The van der Waals surface area contributed by atoms with Crippen molar-refractivity contribution >= 4 is 22.7 Å². The van der Waals surface area contributed by atoms with Gasteiger partial charge in [0.15, 0.2) is 0 Å². The Bertz CT molecular complexity index is 848. The van der Waals surface area contributed by atoms with Crippen LogP contribution < -0.4 is 0 Å². The van der Waals surface area contributed by atoms with E-state index in [-0.39, 0.29) is 17.7 Å². The van der Waals surface area contributed by atoms with Gasteiger partial charge in [-0.05, 0) is 50.8 Å². The van der Waals surface area contributed by atoms with E-state index in [4.69, 9.17) is 0 Å². The number of likely N-dealkylation sites (tertiary alicyclic amines) is 2. The van der Waals surface area contributed by atoms with E-state index >= 15 is 0 Å². The predicted octanol–water partition coefficient (Wildman–Crippen LogP) is 2.96. The van der Waals surface area contributed by atoms with Gasteiger partial charge in [-0.15, -0.1) is 0 Å². The molecule has 2 aromatic rings. The lowest BCUT2D eigenvalue weighted by atomic mass is 10.0. The Hall–Kier alpha value is -2.30. The molecule has 0 spiro atoms. The van der Waals surface area contributed by atoms with Crippen molar-refractivity contribution in [1.29, 1.82) is 0 Å². The molecule has 2 saturated heterocycles. The summed E-state index contributed by atoms with van der Waals surface area (Å²) >= 11 is 0. The van der Waals surface area contributed by atoms with E-state index in [2.05, 4.69) is 25.1 Å². The summed E-state index contributed by atoms with van der Waals surface area (Å²) in [5.74, 6) is 0.247. The molecule has 5 heteroatoms. The van der Waals surface area contributed by atoms with Crippen molar-refractivity contribution in [3.63, 3.8) is 0 Å². The van der Waals surface area contributed by atoms with Gasteiger partial charge in [0, 0.05) is 44.1 Å². The fourth-order valence-corrected chi connectivity index (χ4v) is 4.35. The minimum atomic E-state index is -0.0334. The van der Waals surface area contributed by atoms with Gasteiger partial charge < -0.3 is 14.4 Å². The van der Waals surface area contributed by atoms with Gasteiger partial charge in [-0.3, -0.25) is 9.59 Å².